The molecule has 0 saturated carbocycles. The molecular formula is C12H20ClNO2. The molecule has 4 heteroatoms. The zero-order chi connectivity index (χ0) is 11.1. The Morgan fingerprint density at radius 2 is 2.06 bits per heavy atom. The Hall–Kier alpha value is -0.770. The van der Waals surface area contributed by atoms with Gasteiger partial charge in [-0.3, -0.25) is 0 Å². The van der Waals surface area contributed by atoms with Crippen molar-refractivity contribution in [1.82, 2.24) is 0 Å². The van der Waals surface area contributed by atoms with E-state index >= 15 is 0 Å². The van der Waals surface area contributed by atoms with Crippen LogP contribution in [0.15, 0.2) is 24.3 Å². The first kappa shape index (κ1) is 15.2. The highest BCUT2D eigenvalue weighted by molar-refractivity contribution is 5.85. The van der Waals surface area contributed by atoms with Crippen molar-refractivity contribution >= 4 is 12.4 Å². The highest BCUT2D eigenvalue weighted by atomic mass is 35.5. The molecule has 0 aliphatic heterocycles. The van der Waals surface area contributed by atoms with Gasteiger partial charge in [-0.1, -0.05) is 18.2 Å². The molecular weight excluding hydrogens is 226 g/mol. The van der Waals surface area contributed by atoms with Crippen LogP contribution in [-0.2, 0) is 0 Å². The van der Waals surface area contributed by atoms with Crippen LogP contribution in [0.5, 0.6) is 5.75 Å². The average molecular weight is 246 g/mol. The van der Waals surface area contributed by atoms with Gasteiger partial charge in [0, 0.05) is 18.2 Å². The van der Waals surface area contributed by atoms with E-state index in [2.05, 4.69) is 0 Å². The molecule has 3 N–H and O–H groups in total. The third-order valence-corrected chi connectivity index (χ3v) is 2.29. The third kappa shape index (κ3) is 4.39. The lowest BCUT2D eigenvalue weighted by molar-refractivity contribution is 0.278. The molecule has 0 spiro atoms. The second kappa shape index (κ2) is 8.39. The van der Waals surface area contributed by atoms with Gasteiger partial charge < -0.3 is 15.6 Å². The van der Waals surface area contributed by atoms with Gasteiger partial charge in [0.1, 0.15) is 5.75 Å². The summed E-state index contributed by atoms with van der Waals surface area (Å²) in [5.74, 6) is 0.852. The van der Waals surface area contributed by atoms with Crippen LogP contribution in [-0.4, -0.2) is 18.3 Å². The molecule has 16 heavy (non-hydrogen) atoms. The van der Waals surface area contributed by atoms with Crippen molar-refractivity contribution in [3.8, 4) is 5.75 Å². The van der Waals surface area contributed by atoms with Gasteiger partial charge >= 0.3 is 0 Å². The first-order chi connectivity index (χ1) is 7.29. The first-order valence-electron chi connectivity index (χ1n) is 5.37. The van der Waals surface area contributed by atoms with E-state index in [1.807, 2.05) is 31.2 Å². The predicted octanol–water partition coefficient (Wildman–Crippen LogP) is 2.28. The smallest absolute Gasteiger partial charge is 0.124 e. The lowest BCUT2D eigenvalue weighted by atomic mass is 10.0. The van der Waals surface area contributed by atoms with Crippen LogP contribution in [0, 0.1) is 0 Å². The maximum Gasteiger partial charge on any atom is 0.124 e. The minimum absolute atomic E-state index is 0. The Kier molecular flexibility index (Phi) is 7.99. The van der Waals surface area contributed by atoms with E-state index in [1.165, 1.54) is 0 Å². The Morgan fingerprint density at radius 1 is 1.38 bits per heavy atom. The van der Waals surface area contributed by atoms with E-state index in [0.717, 1.165) is 24.2 Å². The highest BCUT2D eigenvalue weighted by Gasteiger charge is 2.10. The van der Waals surface area contributed by atoms with Crippen LogP contribution in [0.1, 0.15) is 31.4 Å². The van der Waals surface area contributed by atoms with Gasteiger partial charge in [-0.25, -0.2) is 0 Å². The highest BCUT2D eigenvalue weighted by Crippen LogP contribution is 2.26. The van der Waals surface area contributed by atoms with Gasteiger partial charge in [0.25, 0.3) is 0 Å². The second-order valence-corrected chi connectivity index (χ2v) is 3.44. The molecule has 1 atom stereocenters. The Balaban J connectivity index is 0.00000225. The first-order valence-corrected chi connectivity index (χ1v) is 5.37. The topological polar surface area (TPSA) is 55.5 Å². The fraction of sp³-hybridized carbons (Fsp3) is 0.500. The lowest BCUT2D eigenvalue weighted by Crippen LogP contribution is -2.12. The number of hydrogen-bond donors (Lipinski definition) is 2. The van der Waals surface area contributed by atoms with Crippen molar-refractivity contribution in [3.05, 3.63) is 29.8 Å². The molecule has 3 nitrogen and oxygen atoms in total. The van der Waals surface area contributed by atoms with Crippen molar-refractivity contribution in [2.75, 3.05) is 13.2 Å². The standard InChI is InChI=1S/C12H19NO2.ClH/c1-2-15-12-8-4-3-6-10(12)11(13)7-5-9-14;/h3-4,6,8,11,14H,2,5,7,9,13H2,1H3;1H/t11-;/m0./s1. The summed E-state index contributed by atoms with van der Waals surface area (Å²) < 4.78 is 5.50. The molecule has 0 fully saturated rings. The van der Waals surface area contributed by atoms with Crippen molar-refractivity contribution < 1.29 is 9.84 Å². The zero-order valence-corrected chi connectivity index (χ0v) is 10.4. The van der Waals surface area contributed by atoms with Crippen LogP contribution in [0.3, 0.4) is 0 Å². The summed E-state index contributed by atoms with van der Waals surface area (Å²) >= 11 is 0. The molecule has 0 radical (unpaired) electrons. The number of hydrogen-bond acceptors (Lipinski definition) is 3. The van der Waals surface area contributed by atoms with Crippen molar-refractivity contribution in [1.29, 1.82) is 0 Å². The van der Waals surface area contributed by atoms with Crippen molar-refractivity contribution in [3.63, 3.8) is 0 Å². The Morgan fingerprint density at radius 3 is 2.69 bits per heavy atom. The molecule has 0 bridgehead atoms. The van der Waals surface area contributed by atoms with Crippen LogP contribution < -0.4 is 10.5 Å². The number of halogens is 1. The van der Waals surface area contributed by atoms with Crippen LogP contribution in [0.2, 0.25) is 0 Å². The fourth-order valence-electron chi connectivity index (χ4n) is 1.54. The van der Waals surface area contributed by atoms with E-state index < -0.39 is 0 Å². The minimum atomic E-state index is -0.0556. The largest absolute Gasteiger partial charge is 0.494 e. The molecule has 0 aliphatic carbocycles. The molecule has 0 aromatic heterocycles. The van der Waals surface area contributed by atoms with Gasteiger partial charge in [-0.05, 0) is 25.8 Å². The monoisotopic (exact) mass is 245 g/mol. The summed E-state index contributed by atoms with van der Waals surface area (Å²) in [6, 6.07) is 7.74. The quantitative estimate of drug-likeness (QED) is 0.809. The molecule has 0 amide bonds. The Labute approximate surface area is 103 Å². The van der Waals surface area contributed by atoms with Crippen LogP contribution in [0.4, 0.5) is 0 Å². The van der Waals surface area contributed by atoms with Crippen molar-refractivity contribution in [2.45, 2.75) is 25.8 Å². The van der Waals surface area contributed by atoms with Gasteiger partial charge in [-0.15, -0.1) is 12.4 Å². The normalized spacial score (nSPS) is 11.7. The molecule has 92 valence electrons. The summed E-state index contributed by atoms with van der Waals surface area (Å²) in [5, 5.41) is 8.75. The Bertz CT molecular complexity index is 294. The summed E-state index contributed by atoms with van der Waals surface area (Å²) in [4.78, 5) is 0. The maximum absolute atomic E-state index is 8.75. The lowest BCUT2D eigenvalue weighted by Gasteiger charge is -2.15. The van der Waals surface area contributed by atoms with E-state index in [9.17, 15) is 0 Å². The second-order valence-electron chi connectivity index (χ2n) is 3.44. The third-order valence-electron chi connectivity index (χ3n) is 2.29. The van der Waals surface area contributed by atoms with Gasteiger partial charge in [0.05, 0.1) is 6.61 Å². The zero-order valence-electron chi connectivity index (χ0n) is 9.56. The van der Waals surface area contributed by atoms with Gasteiger partial charge in [0.15, 0.2) is 0 Å². The van der Waals surface area contributed by atoms with Gasteiger partial charge in [0.2, 0.25) is 0 Å². The van der Waals surface area contributed by atoms with Gasteiger partial charge in [-0.2, -0.15) is 0 Å². The average Bonchev–Trinajstić information content (AvgIpc) is 2.27. The summed E-state index contributed by atoms with van der Waals surface area (Å²) in [6.45, 7) is 2.78. The molecule has 0 aliphatic rings. The summed E-state index contributed by atoms with van der Waals surface area (Å²) in [7, 11) is 0. The summed E-state index contributed by atoms with van der Waals surface area (Å²) in [6.07, 6.45) is 1.50. The van der Waals surface area contributed by atoms with Crippen LogP contribution in [0.25, 0.3) is 0 Å². The number of benzene rings is 1. The number of para-hydroxylation sites is 1. The van der Waals surface area contributed by atoms with E-state index in [0.29, 0.717) is 6.61 Å². The molecule has 1 aromatic carbocycles. The fourth-order valence-corrected chi connectivity index (χ4v) is 1.54. The van der Waals surface area contributed by atoms with E-state index in [1.54, 1.807) is 0 Å². The number of ether oxygens (including phenoxy) is 1. The van der Waals surface area contributed by atoms with Crippen molar-refractivity contribution in [2.24, 2.45) is 5.73 Å². The summed E-state index contributed by atoms with van der Waals surface area (Å²) in [5.41, 5.74) is 7.04. The van der Waals surface area contributed by atoms with E-state index in [-0.39, 0.29) is 25.1 Å². The van der Waals surface area contributed by atoms with Crippen LogP contribution >= 0.6 is 12.4 Å². The molecule has 1 rings (SSSR count). The maximum atomic E-state index is 8.75. The number of nitrogens with two attached hydrogens (primary N) is 1. The predicted molar refractivity (Wildman–Crippen MR) is 68.1 cm³/mol. The molecule has 0 unspecified atom stereocenters. The molecule has 0 heterocycles. The number of rotatable bonds is 6. The SMILES string of the molecule is CCOc1ccccc1[C@@H](N)CCCO.Cl. The van der Waals surface area contributed by atoms with E-state index in [4.69, 9.17) is 15.6 Å². The molecule has 1 aromatic rings. The minimum Gasteiger partial charge on any atom is -0.494 e. The number of aliphatic hydroxyl groups excluding tert-OH is 1. The number of aliphatic hydroxyl groups is 1. The molecule has 0 saturated heterocycles.